The smallest absolute Gasteiger partial charge is 0.335 e. The van der Waals surface area contributed by atoms with E-state index in [0.29, 0.717) is 25.4 Å². The van der Waals surface area contributed by atoms with Gasteiger partial charge in [0.2, 0.25) is 0 Å². The van der Waals surface area contributed by atoms with Crippen LogP contribution in [0.4, 0.5) is 0 Å². The number of carboxylic acid groups (broad SMARTS) is 1. The molecule has 0 aromatic carbocycles. The summed E-state index contributed by atoms with van der Waals surface area (Å²) >= 11 is 0. The first-order valence-electron chi connectivity index (χ1n) is 31.3. The third-order valence-corrected chi connectivity index (χ3v) is 24.6. The van der Waals surface area contributed by atoms with Crippen molar-refractivity contribution in [2.45, 2.75) is 305 Å². The molecule has 11 aliphatic rings. The molecule has 5 saturated carbocycles. The Kier molecular flexibility index (Phi) is 17.8. The standard InChI is InChI=1S/C60H98O26/c1-23-32(63)34(65)39(70)49(77-23)85-46-35(66)33(64)24(2)78-53(46)82-43-25(3)79-50(40(71)36(43)67)83-44-26(21-61)80-51(41(72)37(44)68)84-45-38(69)42(73)52(86-47(45)48(74)75)81-31-13-14-56(8)27(55(31,6)7)11-15-57(9)28(56)12-16-60-29-19-54(4,5)17-18-59(29,22-76-60)30(62)20-58(57,60)10/h23-47,49-53,61-73H,11-22H2,1-10H3,(H,74,75)/t23-,24-,25-,26+,27+,28-,29+,30+,31-,32-,33-,34+,35+,36-,37-,38+,39+,40+,41+,42+,43-,44+,45-,46+,47-,49-,50-,51-,52+,53-,56-,57+,58-,59+,60-/m0/s1. The van der Waals surface area contributed by atoms with E-state index in [2.05, 4.69) is 48.5 Å². The summed E-state index contributed by atoms with van der Waals surface area (Å²) in [6.07, 6.45) is -35.2. The van der Waals surface area contributed by atoms with Crippen molar-refractivity contribution in [3.05, 3.63) is 0 Å². The van der Waals surface area contributed by atoms with Crippen LogP contribution < -0.4 is 0 Å². The van der Waals surface area contributed by atoms with Crippen LogP contribution in [0, 0.1) is 50.2 Å². The van der Waals surface area contributed by atoms with Gasteiger partial charge in [-0.15, -0.1) is 0 Å². The minimum atomic E-state index is -2.12. The fourth-order valence-corrected chi connectivity index (χ4v) is 19.4. The third kappa shape index (κ3) is 10.1. The first-order valence-corrected chi connectivity index (χ1v) is 31.3. The fourth-order valence-electron chi connectivity index (χ4n) is 19.4. The van der Waals surface area contributed by atoms with E-state index in [1.807, 2.05) is 0 Å². The minimum Gasteiger partial charge on any atom is -0.479 e. The van der Waals surface area contributed by atoms with Crippen molar-refractivity contribution in [2.24, 2.45) is 50.2 Å². The highest BCUT2D eigenvalue weighted by Gasteiger charge is 2.80. The number of ether oxygens (including phenoxy) is 11. The number of rotatable bonds is 12. The number of aliphatic hydroxyl groups is 13. The van der Waals surface area contributed by atoms with Crippen LogP contribution in [0.5, 0.6) is 0 Å². The number of hydrogen-bond acceptors (Lipinski definition) is 25. The molecule has 0 amide bonds. The second-order valence-corrected chi connectivity index (χ2v) is 29.9. The summed E-state index contributed by atoms with van der Waals surface area (Å²) in [5.41, 5.74) is -1.46. The molecule has 0 unspecified atom stereocenters. The summed E-state index contributed by atoms with van der Waals surface area (Å²) in [6.45, 7) is 20.2. The Morgan fingerprint density at radius 3 is 1.63 bits per heavy atom. The van der Waals surface area contributed by atoms with E-state index in [0.717, 1.165) is 51.4 Å². The summed E-state index contributed by atoms with van der Waals surface area (Å²) < 4.78 is 66.5. The lowest BCUT2D eigenvalue weighted by Gasteiger charge is -2.75. The van der Waals surface area contributed by atoms with E-state index in [9.17, 15) is 76.3 Å². The van der Waals surface area contributed by atoms with Crippen molar-refractivity contribution in [1.29, 1.82) is 0 Å². The highest BCUT2D eigenvalue weighted by Crippen LogP contribution is 2.80. The summed E-state index contributed by atoms with van der Waals surface area (Å²) in [5, 5.41) is 156. The molecule has 0 radical (unpaired) electrons. The predicted octanol–water partition coefficient (Wildman–Crippen LogP) is -1.35. The van der Waals surface area contributed by atoms with E-state index in [1.54, 1.807) is 0 Å². The molecule has 14 N–H and O–H groups in total. The lowest BCUT2D eigenvalue weighted by molar-refractivity contribution is -0.394. The molecule has 6 heterocycles. The molecule has 1 spiro atoms. The van der Waals surface area contributed by atoms with Crippen LogP contribution in [0.2, 0.25) is 0 Å². The summed E-state index contributed by atoms with van der Waals surface area (Å²) in [5.74, 6) is -0.900. The zero-order valence-corrected chi connectivity index (χ0v) is 51.0. The Morgan fingerprint density at radius 2 is 0.988 bits per heavy atom. The number of aliphatic hydroxyl groups excluding tert-OH is 13. The lowest BCUT2D eigenvalue weighted by atomic mass is 9.30. The van der Waals surface area contributed by atoms with Gasteiger partial charge >= 0.3 is 5.97 Å². The minimum absolute atomic E-state index is 0.133. The largest absolute Gasteiger partial charge is 0.479 e. The van der Waals surface area contributed by atoms with Gasteiger partial charge in [-0.3, -0.25) is 0 Å². The normalized spacial score (nSPS) is 57.7. The van der Waals surface area contributed by atoms with Gasteiger partial charge in [-0.05, 0) is 124 Å². The zero-order chi connectivity index (χ0) is 62.7. The van der Waals surface area contributed by atoms with Crippen LogP contribution in [-0.2, 0) is 56.9 Å². The monoisotopic (exact) mass is 1230 g/mol. The average Bonchev–Trinajstić information content (AvgIpc) is 1.54. The molecule has 26 heteroatoms. The zero-order valence-electron chi connectivity index (χ0n) is 51.0. The molecular formula is C60H98O26. The number of carboxylic acids is 1. The quantitative estimate of drug-likeness (QED) is 0.100. The maximum absolute atomic E-state index is 13.0. The van der Waals surface area contributed by atoms with E-state index < -0.39 is 184 Å². The first kappa shape index (κ1) is 66.0. The molecule has 0 aromatic heterocycles. The molecule has 6 saturated heterocycles. The van der Waals surface area contributed by atoms with Crippen LogP contribution in [-0.4, -0.2) is 262 Å². The Balaban J connectivity index is 0.722. The Hall–Kier alpha value is -1.49. The SMILES string of the molecule is C[C@@H]1O[C@@H](O[C@H]2[C@H](O[C@@H]3[C@@H](O)[C@@H](O)[C@H](O[C@H]4[C@@H](O)[C@@H](O)[C@H](O[C@H]5[C@H](O)[C@@H](O)[C@H](O[C@H]6CC[C@@]7(C)[C@H](CC[C@]8(C)[C@H]7CC[C@]79OC[C@@]%10(CCC(C)(C)C[C@H]%107)[C@H](O)C[C@]98C)C6(C)C)O[C@@H]5C(=O)O)O[C@@H]4CO)O[C@H]3C)O[C@@H](C)[C@H](O)[C@H]2O)[C@H](O)[C@H](O)[C@H]1O. The van der Waals surface area contributed by atoms with Crippen molar-refractivity contribution in [2.75, 3.05) is 13.2 Å². The van der Waals surface area contributed by atoms with E-state index in [4.69, 9.17) is 52.1 Å². The molecule has 2 bridgehead atoms. The van der Waals surface area contributed by atoms with Crippen LogP contribution in [0.25, 0.3) is 0 Å². The highest BCUT2D eigenvalue weighted by molar-refractivity contribution is 5.73. The van der Waals surface area contributed by atoms with Gasteiger partial charge in [0.25, 0.3) is 0 Å². The third-order valence-electron chi connectivity index (χ3n) is 24.6. The van der Waals surface area contributed by atoms with Gasteiger partial charge in [0.15, 0.2) is 37.6 Å². The molecule has 494 valence electrons. The van der Waals surface area contributed by atoms with Gasteiger partial charge < -0.3 is 124 Å². The molecule has 0 aromatic rings. The van der Waals surface area contributed by atoms with Gasteiger partial charge in [-0.25, -0.2) is 4.79 Å². The molecule has 11 rings (SSSR count). The van der Waals surface area contributed by atoms with Crippen molar-refractivity contribution in [1.82, 2.24) is 0 Å². The van der Waals surface area contributed by atoms with Gasteiger partial charge in [-0.2, -0.15) is 0 Å². The summed E-state index contributed by atoms with van der Waals surface area (Å²) in [7, 11) is 0. The Labute approximate surface area is 501 Å². The maximum atomic E-state index is 13.0. The van der Waals surface area contributed by atoms with Crippen molar-refractivity contribution in [3.63, 3.8) is 0 Å². The van der Waals surface area contributed by atoms with Crippen LogP contribution >= 0.6 is 0 Å². The number of carbonyl (C=O) groups is 1. The Bertz CT molecular complexity index is 2420. The summed E-state index contributed by atoms with van der Waals surface area (Å²) in [6, 6.07) is 0. The van der Waals surface area contributed by atoms with Gasteiger partial charge in [0.1, 0.15) is 97.7 Å². The summed E-state index contributed by atoms with van der Waals surface area (Å²) in [4.78, 5) is 13.0. The van der Waals surface area contributed by atoms with Gasteiger partial charge in [0, 0.05) is 10.8 Å². The molecule has 6 aliphatic heterocycles. The van der Waals surface area contributed by atoms with E-state index in [-0.39, 0.29) is 44.5 Å². The molecule has 26 nitrogen and oxygen atoms in total. The molecular weight excluding hydrogens is 1140 g/mol. The number of aliphatic carboxylic acids is 1. The van der Waals surface area contributed by atoms with Crippen molar-refractivity contribution >= 4 is 5.97 Å². The molecule has 86 heavy (non-hydrogen) atoms. The molecule has 11 fully saturated rings. The van der Waals surface area contributed by atoms with Crippen LogP contribution in [0.3, 0.4) is 0 Å². The highest BCUT2D eigenvalue weighted by atomic mass is 16.8. The van der Waals surface area contributed by atoms with Crippen LogP contribution in [0.1, 0.15) is 133 Å². The molecule has 5 aliphatic carbocycles. The van der Waals surface area contributed by atoms with E-state index in [1.165, 1.54) is 20.8 Å². The van der Waals surface area contributed by atoms with Gasteiger partial charge in [-0.1, -0.05) is 48.5 Å². The van der Waals surface area contributed by atoms with Crippen LogP contribution in [0.15, 0.2) is 0 Å². The number of hydrogen-bond donors (Lipinski definition) is 14. The second-order valence-electron chi connectivity index (χ2n) is 29.9. The van der Waals surface area contributed by atoms with Gasteiger partial charge in [0.05, 0.1) is 49.3 Å². The number of fused-ring (bicyclic) bond motifs is 4. The lowest BCUT2D eigenvalue weighted by Crippen LogP contribution is -2.74. The predicted molar refractivity (Wildman–Crippen MR) is 291 cm³/mol. The maximum Gasteiger partial charge on any atom is 0.335 e. The topological polar surface area (TPSA) is 402 Å². The molecule has 35 atom stereocenters. The average molecular weight is 1240 g/mol. The van der Waals surface area contributed by atoms with Crippen molar-refractivity contribution in [3.8, 4) is 0 Å². The second kappa shape index (κ2) is 23.2. The van der Waals surface area contributed by atoms with Crippen molar-refractivity contribution < 1.29 is 128 Å². The first-order chi connectivity index (χ1) is 40.1. The Morgan fingerprint density at radius 1 is 0.477 bits per heavy atom. The fraction of sp³-hybridized carbons (Fsp3) is 0.983. The van der Waals surface area contributed by atoms with E-state index >= 15 is 0 Å².